The van der Waals surface area contributed by atoms with Crippen LogP contribution in [0.25, 0.3) is 0 Å². The third kappa shape index (κ3) is 2.11. The number of hydrogen-bond acceptors (Lipinski definition) is 2. The standard InChI is InChI=1S/C11H10F2N2O3/c12-7-5-8(13)9(4-6(7)10(16)17)15-3-1-2-14-11(15)18/h4-5H,1-3H2,(H,14,18)(H,16,17). The van der Waals surface area contributed by atoms with Gasteiger partial charge in [0, 0.05) is 19.2 Å². The number of rotatable bonds is 2. The Morgan fingerprint density at radius 2 is 2.06 bits per heavy atom. The summed E-state index contributed by atoms with van der Waals surface area (Å²) in [5, 5.41) is 11.3. The summed E-state index contributed by atoms with van der Waals surface area (Å²) in [5.41, 5.74) is -0.893. The van der Waals surface area contributed by atoms with Crippen molar-refractivity contribution in [2.75, 3.05) is 18.0 Å². The van der Waals surface area contributed by atoms with Crippen LogP contribution in [0.4, 0.5) is 19.3 Å². The lowest BCUT2D eigenvalue weighted by molar-refractivity contribution is 0.0691. The minimum atomic E-state index is -1.51. The Hall–Kier alpha value is -2.18. The predicted octanol–water partition coefficient (Wildman–Crippen LogP) is 1.58. The molecular weight excluding hydrogens is 246 g/mol. The normalized spacial score (nSPS) is 15.4. The summed E-state index contributed by atoms with van der Waals surface area (Å²) in [6, 6.07) is 0.779. The summed E-state index contributed by atoms with van der Waals surface area (Å²) in [5.74, 6) is -3.64. The number of carboxylic acids is 1. The number of hydrogen-bond donors (Lipinski definition) is 2. The van der Waals surface area contributed by atoms with Crippen LogP contribution in [0.3, 0.4) is 0 Å². The number of urea groups is 1. The number of halogens is 2. The zero-order valence-electron chi connectivity index (χ0n) is 9.24. The highest BCUT2D eigenvalue weighted by atomic mass is 19.1. The van der Waals surface area contributed by atoms with Crippen LogP contribution < -0.4 is 10.2 Å². The largest absolute Gasteiger partial charge is 0.478 e. The van der Waals surface area contributed by atoms with E-state index in [1.807, 2.05) is 0 Å². The van der Waals surface area contributed by atoms with Gasteiger partial charge in [-0.15, -0.1) is 0 Å². The third-order valence-corrected chi connectivity index (χ3v) is 2.64. The summed E-state index contributed by atoms with van der Waals surface area (Å²) in [4.78, 5) is 23.3. The van der Waals surface area contributed by atoms with Crippen molar-refractivity contribution < 1.29 is 23.5 Å². The van der Waals surface area contributed by atoms with Crippen LogP contribution in [0.15, 0.2) is 12.1 Å². The molecule has 1 aromatic rings. The van der Waals surface area contributed by atoms with E-state index in [0.29, 0.717) is 19.0 Å². The van der Waals surface area contributed by atoms with Gasteiger partial charge in [-0.25, -0.2) is 18.4 Å². The Bertz CT molecular complexity index is 519. The summed E-state index contributed by atoms with van der Waals surface area (Å²) < 4.78 is 26.8. The van der Waals surface area contributed by atoms with Crippen molar-refractivity contribution in [3.8, 4) is 0 Å². The van der Waals surface area contributed by atoms with Crippen LogP contribution in [0, 0.1) is 11.6 Å². The van der Waals surface area contributed by atoms with Gasteiger partial charge in [0.2, 0.25) is 0 Å². The molecule has 1 aromatic carbocycles. The van der Waals surface area contributed by atoms with E-state index < -0.39 is 29.2 Å². The average Bonchev–Trinajstić information content (AvgIpc) is 2.30. The molecule has 5 nitrogen and oxygen atoms in total. The Morgan fingerprint density at radius 3 is 2.67 bits per heavy atom. The maximum absolute atomic E-state index is 13.6. The Kier molecular flexibility index (Phi) is 3.14. The van der Waals surface area contributed by atoms with Crippen molar-refractivity contribution in [1.29, 1.82) is 0 Å². The van der Waals surface area contributed by atoms with Gasteiger partial charge in [-0.1, -0.05) is 0 Å². The van der Waals surface area contributed by atoms with Crippen molar-refractivity contribution >= 4 is 17.7 Å². The van der Waals surface area contributed by atoms with Crippen LogP contribution in [-0.2, 0) is 0 Å². The zero-order valence-corrected chi connectivity index (χ0v) is 9.24. The molecule has 1 aliphatic rings. The van der Waals surface area contributed by atoms with Gasteiger partial charge in [0.1, 0.15) is 11.6 Å². The first-order chi connectivity index (χ1) is 8.50. The quantitative estimate of drug-likeness (QED) is 0.844. The summed E-state index contributed by atoms with van der Waals surface area (Å²) in [6.45, 7) is 0.734. The molecule has 0 spiro atoms. The topological polar surface area (TPSA) is 69.6 Å². The molecule has 7 heteroatoms. The van der Waals surface area contributed by atoms with E-state index in [1.54, 1.807) is 0 Å². The van der Waals surface area contributed by atoms with Crippen LogP contribution in [-0.4, -0.2) is 30.2 Å². The number of amides is 2. The van der Waals surface area contributed by atoms with E-state index in [0.717, 1.165) is 11.0 Å². The number of carbonyl (C=O) groups is 2. The SMILES string of the molecule is O=C(O)c1cc(N2CCCNC2=O)c(F)cc1F. The number of benzene rings is 1. The number of nitrogens with zero attached hydrogens (tertiary/aromatic N) is 1. The highest BCUT2D eigenvalue weighted by Crippen LogP contribution is 2.24. The molecule has 0 aliphatic carbocycles. The Labute approximate surface area is 101 Å². The number of anilines is 1. The lowest BCUT2D eigenvalue weighted by Crippen LogP contribution is -2.47. The number of aromatic carboxylic acids is 1. The van der Waals surface area contributed by atoms with Gasteiger partial charge in [0.05, 0.1) is 11.3 Å². The molecule has 1 saturated heterocycles. The van der Waals surface area contributed by atoms with Gasteiger partial charge in [-0.2, -0.15) is 0 Å². The Balaban J connectivity index is 2.46. The summed E-state index contributed by atoms with van der Waals surface area (Å²) >= 11 is 0. The fraction of sp³-hybridized carbons (Fsp3) is 0.273. The zero-order chi connectivity index (χ0) is 13.3. The van der Waals surface area contributed by atoms with E-state index >= 15 is 0 Å². The highest BCUT2D eigenvalue weighted by Gasteiger charge is 2.25. The highest BCUT2D eigenvalue weighted by molar-refractivity contribution is 5.95. The molecule has 0 atom stereocenters. The van der Waals surface area contributed by atoms with Gasteiger partial charge in [0.25, 0.3) is 0 Å². The fourth-order valence-electron chi connectivity index (χ4n) is 1.77. The molecule has 1 aliphatic heterocycles. The lowest BCUT2D eigenvalue weighted by atomic mass is 10.1. The van der Waals surface area contributed by atoms with Crippen LogP contribution >= 0.6 is 0 Å². The molecule has 18 heavy (non-hydrogen) atoms. The molecule has 1 fully saturated rings. The molecule has 2 amide bonds. The predicted molar refractivity (Wildman–Crippen MR) is 58.7 cm³/mol. The monoisotopic (exact) mass is 256 g/mol. The van der Waals surface area contributed by atoms with Crippen molar-refractivity contribution in [3.05, 3.63) is 29.3 Å². The second kappa shape index (κ2) is 4.59. The molecule has 0 radical (unpaired) electrons. The first kappa shape index (κ1) is 12.3. The number of carbonyl (C=O) groups excluding carboxylic acids is 1. The molecule has 0 aromatic heterocycles. The van der Waals surface area contributed by atoms with Crippen LogP contribution in [0.2, 0.25) is 0 Å². The first-order valence-corrected chi connectivity index (χ1v) is 5.28. The maximum atomic E-state index is 13.6. The minimum absolute atomic E-state index is 0.231. The van der Waals surface area contributed by atoms with Gasteiger partial charge < -0.3 is 10.4 Å². The first-order valence-electron chi connectivity index (χ1n) is 5.28. The van der Waals surface area contributed by atoms with Crippen LogP contribution in [0.5, 0.6) is 0 Å². The fourth-order valence-corrected chi connectivity index (χ4v) is 1.77. The minimum Gasteiger partial charge on any atom is -0.478 e. The van der Waals surface area contributed by atoms with E-state index in [-0.39, 0.29) is 12.2 Å². The molecule has 1 heterocycles. The number of carboxylic acid groups (broad SMARTS) is 1. The van der Waals surface area contributed by atoms with Crippen molar-refractivity contribution in [2.24, 2.45) is 0 Å². The molecule has 0 unspecified atom stereocenters. The van der Waals surface area contributed by atoms with Crippen molar-refractivity contribution in [2.45, 2.75) is 6.42 Å². The molecule has 2 N–H and O–H groups in total. The van der Waals surface area contributed by atoms with Gasteiger partial charge in [-0.05, 0) is 12.5 Å². The number of nitrogens with one attached hydrogen (secondary N) is 1. The van der Waals surface area contributed by atoms with E-state index in [1.165, 1.54) is 0 Å². The van der Waals surface area contributed by atoms with Gasteiger partial charge >= 0.3 is 12.0 Å². The van der Waals surface area contributed by atoms with Crippen LogP contribution in [0.1, 0.15) is 16.8 Å². The van der Waals surface area contributed by atoms with E-state index in [9.17, 15) is 18.4 Å². The smallest absolute Gasteiger partial charge is 0.338 e. The molecule has 0 bridgehead atoms. The molecule has 2 rings (SSSR count). The van der Waals surface area contributed by atoms with Crippen molar-refractivity contribution in [3.63, 3.8) is 0 Å². The molecule has 96 valence electrons. The molecular formula is C11H10F2N2O3. The summed E-state index contributed by atoms with van der Waals surface area (Å²) in [6.07, 6.45) is 0.602. The summed E-state index contributed by atoms with van der Waals surface area (Å²) in [7, 11) is 0. The Morgan fingerprint density at radius 1 is 1.33 bits per heavy atom. The third-order valence-electron chi connectivity index (χ3n) is 2.64. The second-order valence-electron chi connectivity index (χ2n) is 3.83. The molecule has 0 saturated carbocycles. The van der Waals surface area contributed by atoms with Gasteiger partial charge in [-0.3, -0.25) is 4.90 Å². The lowest BCUT2D eigenvalue weighted by Gasteiger charge is -2.28. The average molecular weight is 256 g/mol. The van der Waals surface area contributed by atoms with E-state index in [4.69, 9.17) is 5.11 Å². The van der Waals surface area contributed by atoms with Gasteiger partial charge in [0.15, 0.2) is 0 Å². The van der Waals surface area contributed by atoms with E-state index in [2.05, 4.69) is 5.32 Å². The maximum Gasteiger partial charge on any atom is 0.338 e. The second-order valence-corrected chi connectivity index (χ2v) is 3.83. The van der Waals surface area contributed by atoms with Crippen molar-refractivity contribution in [1.82, 2.24) is 5.32 Å².